The third-order valence-corrected chi connectivity index (χ3v) is 6.50. The zero-order valence-corrected chi connectivity index (χ0v) is 15.4. The summed E-state index contributed by atoms with van der Waals surface area (Å²) in [6.07, 6.45) is 6.95. The summed E-state index contributed by atoms with van der Waals surface area (Å²) in [7, 11) is 0. The van der Waals surface area contributed by atoms with Crippen molar-refractivity contribution in [3.05, 3.63) is 39.4 Å². The monoisotopic (exact) mass is 372 g/mol. The number of esters is 1. The van der Waals surface area contributed by atoms with Gasteiger partial charge in [-0.25, -0.2) is 4.79 Å². The fourth-order valence-corrected chi connectivity index (χ4v) is 5.85. The van der Waals surface area contributed by atoms with Crippen LogP contribution in [-0.4, -0.2) is 28.9 Å². The predicted octanol–water partition coefficient (Wildman–Crippen LogP) is 3.15. The lowest BCUT2D eigenvalue weighted by Gasteiger charge is -2.56. The number of benzene rings is 1. The van der Waals surface area contributed by atoms with Crippen molar-refractivity contribution in [3.8, 4) is 0 Å². The summed E-state index contributed by atoms with van der Waals surface area (Å²) in [6.45, 7) is 1.15. The Morgan fingerprint density at radius 3 is 2.33 bits per heavy atom. The third-order valence-electron chi connectivity index (χ3n) is 6.50. The molecular formula is C20H24N2O5. The molecule has 1 amide bonds. The van der Waals surface area contributed by atoms with Crippen LogP contribution in [0.4, 0.5) is 5.69 Å². The summed E-state index contributed by atoms with van der Waals surface area (Å²) in [6, 6.07) is 4.25. The minimum absolute atomic E-state index is 0.117. The molecule has 0 aliphatic heterocycles. The summed E-state index contributed by atoms with van der Waals surface area (Å²) < 4.78 is 5.15. The maximum absolute atomic E-state index is 12.4. The highest BCUT2D eigenvalue weighted by Gasteiger charge is 2.51. The van der Waals surface area contributed by atoms with Gasteiger partial charge in [0, 0.05) is 17.2 Å². The van der Waals surface area contributed by atoms with Crippen molar-refractivity contribution < 1.29 is 19.2 Å². The number of hydrogen-bond acceptors (Lipinski definition) is 5. The Bertz CT molecular complexity index is 768. The summed E-state index contributed by atoms with van der Waals surface area (Å²) in [5.41, 5.74) is 0.0999. The second-order valence-corrected chi connectivity index (χ2v) is 8.53. The number of rotatable bonds is 5. The van der Waals surface area contributed by atoms with Gasteiger partial charge in [0.1, 0.15) is 0 Å². The van der Waals surface area contributed by atoms with Crippen molar-refractivity contribution in [1.29, 1.82) is 0 Å². The molecule has 4 saturated carbocycles. The van der Waals surface area contributed by atoms with E-state index in [4.69, 9.17) is 4.74 Å². The average molecular weight is 372 g/mol. The van der Waals surface area contributed by atoms with Gasteiger partial charge in [-0.15, -0.1) is 0 Å². The van der Waals surface area contributed by atoms with Crippen molar-refractivity contribution >= 4 is 17.6 Å². The number of carbonyl (C=O) groups is 2. The van der Waals surface area contributed by atoms with Crippen LogP contribution in [0.5, 0.6) is 0 Å². The van der Waals surface area contributed by atoms with Crippen LogP contribution in [0.15, 0.2) is 18.2 Å². The van der Waals surface area contributed by atoms with Gasteiger partial charge >= 0.3 is 5.97 Å². The molecule has 4 bridgehead atoms. The van der Waals surface area contributed by atoms with Crippen LogP contribution in [0.2, 0.25) is 0 Å². The molecule has 0 heterocycles. The van der Waals surface area contributed by atoms with Gasteiger partial charge in [0.2, 0.25) is 0 Å². The first-order chi connectivity index (χ1) is 12.8. The van der Waals surface area contributed by atoms with Crippen molar-refractivity contribution in [3.63, 3.8) is 0 Å². The lowest BCUT2D eigenvalue weighted by atomic mass is 9.53. The van der Waals surface area contributed by atoms with Crippen LogP contribution in [0.3, 0.4) is 0 Å². The summed E-state index contributed by atoms with van der Waals surface area (Å²) in [5.74, 6) is 1.15. The smallest absolute Gasteiger partial charge is 0.339 e. The Kier molecular flexibility index (Phi) is 4.40. The van der Waals surface area contributed by atoms with E-state index in [-0.39, 0.29) is 34.9 Å². The van der Waals surface area contributed by atoms with Crippen molar-refractivity contribution in [1.82, 2.24) is 5.32 Å². The first-order valence-corrected chi connectivity index (χ1v) is 9.57. The van der Waals surface area contributed by atoms with E-state index in [9.17, 15) is 19.7 Å². The molecule has 0 saturated heterocycles. The predicted molar refractivity (Wildman–Crippen MR) is 97.2 cm³/mol. The van der Waals surface area contributed by atoms with E-state index in [1.165, 1.54) is 44.4 Å². The van der Waals surface area contributed by atoms with Crippen molar-refractivity contribution in [2.45, 2.75) is 51.0 Å². The molecule has 4 aliphatic carbocycles. The molecule has 0 spiro atoms. The molecule has 4 aliphatic rings. The molecule has 1 aromatic rings. The van der Waals surface area contributed by atoms with Crippen LogP contribution in [-0.2, 0) is 9.53 Å². The van der Waals surface area contributed by atoms with Crippen LogP contribution >= 0.6 is 0 Å². The van der Waals surface area contributed by atoms with E-state index < -0.39 is 10.9 Å². The molecule has 27 heavy (non-hydrogen) atoms. The van der Waals surface area contributed by atoms with E-state index in [1.54, 1.807) is 0 Å². The van der Waals surface area contributed by atoms with Gasteiger partial charge in [-0.3, -0.25) is 14.9 Å². The number of nitrogens with one attached hydrogen (secondary N) is 1. The molecule has 144 valence electrons. The van der Waals surface area contributed by atoms with Gasteiger partial charge in [0.05, 0.1) is 10.5 Å². The minimum Gasteiger partial charge on any atom is -0.452 e. The third kappa shape index (κ3) is 3.42. The van der Waals surface area contributed by atoms with Gasteiger partial charge in [-0.05, 0) is 69.3 Å². The SMILES string of the molecule is Cc1c(C(=O)OCC(=O)NC23CC4CC(CC(C4)C2)C3)cccc1[N+](=O)[O-]. The fraction of sp³-hybridized carbons (Fsp3) is 0.600. The highest BCUT2D eigenvalue weighted by atomic mass is 16.6. The molecule has 7 nitrogen and oxygen atoms in total. The molecule has 0 atom stereocenters. The topological polar surface area (TPSA) is 98.5 Å². The number of hydrogen-bond donors (Lipinski definition) is 1. The standard InChI is InChI=1S/C20H24N2O5/c1-12-16(3-2-4-17(12)22(25)26)19(24)27-11-18(23)21-20-8-13-5-14(9-20)7-15(6-13)10-20/h2-4,13-15H,5-11H2,1H3,(H,21,23). The van der Waals surface area contributed by atoms with Crippen LogP contribution in [0, 0.1) is 34.8 Å². The highest BCUT2D eigenvalue weighted by molar-refractivity contribution is 5.93. The second kappa shape index (κ2) is 6.62. The average Bonchev–Trinajstić information content (AvgIpc) is 2.58. The molecule has 7 heteroatoms. The highest BCUT2D eigenvalue weighted by Crippen LogP contribution is 2.55. The zero-order valence-electron chi connectivity index (χ0n) is 15.4. The van der Waals surface area contributed by atoms with E-state index in [2.05, 4.69) is 5.32 Å². The van der Waals surface area contributed by atoms with Gasteiger partial charge in [0.25, 0.3) is 11.6 Å². The number of amides is 1. The number of nitro groups is 1. The molecule has 1 N–H and O–H groups in total. The normalized spacial score (nSPS) is 30.8. The molecule has 0 radical (unpaired) electrons. The number of carbonyl (C=O) groups excluding carboxylic acids is 2. The van der Waals surface area contributed by atoms with Gasteiger partial charge in [-0.2, -0.15) is 0 Å². The largest absolute Gasteiger partial charge is 0.452 e. The molecule has 1 aromatic carbocycles. The Labute approximate surface area is 157 Å². The summed E-state index contributed by atoms with van der Waals surface area (Å²) >= 11 is 0. The molecular weight excluding hydrogens is 348 g/mol. The molecule has 0 unspecified atom stereocenters. The lowest BCUT2D eigenvalue weighted by Crippen LogP contribution is -2.60. The minimum atomic E-state index is -0.711. The number of nitro benzene ring substituents is 1. The summed E-state index contributed by atoms with van der Waals surface area (Å²) in [5, 5.41) is 14.2. The number of ether oxygens (including phenoxy) is 1. The fourth-order valence-electron chi connectivity index (χ4n) is 5.85. The Balaban J connectivity index is 1.37. The summed E-state index contributed by atoms with van der Waals surface area (Å²) in [4.78, 5) is 35.2. The Morgan fingerprint density at radius 1 is 1.19 bits per heavy atom. The van der Waals surface area contributed by atoms with Gasteiger partial charge in [-0.1, -0.05) is 6.07 Å². The van der Waals surface area contributed by atoms with E-state index in [0.717, 1.165) is 19.3 Å². The quantitative estimate of drug-likeness (QED) is 0.486. The van der Waals surface area contributed by atoms with E-state index in [1.807, 2.05) is 0 Å². The first-order valence-electron chi connectivity index (χ1n) is 9.57. The molecule has 0 aromatic heterocycles. The maximum Gasteiger partial charge on any atom is 0.339 e. The van der Waals surface area contributed by atoms with Crippen LogP contribution in [0.25, 0.3) is 0 Å². The zero-order chi connectivity index (χ0) is 19.2. The first kappa shape index (κ1) is 17.9. The van der Waals surface area contributed by atoms with Crippen LogP contribution in [0.1, 0.15) is 54.4 Å². The molecule has 5 rings (SSSR count). The van der Waals surface area contributed by atoms with E-state index in [0.29, 0.717) is 17.8 Å². The second-order valence-electron chi connectivity index (χ2n) is 8.53. The van der Waals surface area contributed by atoms with Gasteiger partial charge < -0.3 is 10.1 Å². The maximum atomic E-state index is 12.4. The Morgan fingerprint density at radius 2 is 1.78 bits per heavy atom. The van der Waals surface area contributed by atoms with Gasteiger partial charge in [0.15, 0.2) is 6.61 Å². The Hall–Kier alpha value is -2.44. The van der Waals surface area contributed by atoms with Crippen molar-refractivity contribution in [2.75, 3.05) is 6.61 Å². The molecule has 4 fully saturated rings. The van der Waals surface area contributed by atoms with E-state index >= 15 is 0 Å². The van der Waals surface area contributed by atoms with Crippen LogP contribution < -0.4 is 5.32 Å². The van der Waals surface area contributed by atoms with Crippen molar-refractivity contribution in [2.24, 2.45) is 17.8 Å². The number of nitrogens with zero attached hydrogens (tertiary/aromatic N) is 1. The lowest BCUT2D eigenvalue weighted by molar-refractivity contribution is -0.385.